The molecule has 0 aliphatic rings. The van der Waals surface area contributed by atoms with Gasteiger partial charge in [0.1, 0.15) is 0 Å². The van der Waals surface area contributed by atoms with E-state index < -0.39 is 10.0 Å². The fraction of sp³-hybridized carbons (Fsp3) is 0.0909. The summed E-state index contributed by atoms with van der Waals surface area (Å²) in [6.07, 6.45) is 1.49. The Hall–Kier alpha value is -2.56. The van der Waals surface area contributed by atoms with Crippen LogP contribution in [-0.4, -0.2) is 12.7 Å². The number of hydrogen-bond donors (Lipinski definition) is 0. The number of nitrogens with zero attached hydrogens (tertiary/aromatic N) is 1. The minimum atomic E-state index is -3.75. The molecule has 3 aromatic rings. The van der Waals surface area contributed by atoms with Gasteiger partial charge in [-0.2, -0.15) is 0 Å². The molecule has 0 aliphatic carbocycles. The summed E-state index contributed by atoms with van der Waals surface area (Å²) >= 11 is 6.44. The van der Waals surface area contributed by atoms with Crippen LogP contribution >= 0.6 is 11.6 Å². The molecule has 0 aromatic heterocycles. The Balaban J connectivity index is 2.03. The molecule has 0 spiro atoms. The molecule has 3 nitrogen and oxygen atoms in total. The van der Waals surface area contributed by atoms with E-state index in [-0.39, 0.29) is 11.4 Å². The van der Waals surface area contributed by atoms with Gasteiger partial charge in [0.25, 0.3) is 10.0 Å². The van der Waals surface area contributed by atoms with Crippen LogP contribution in [0.15, 0.2) is 96.0 Å². The van der Waals surface area contributed by atoms with E-state index in [1.54, 1.807) is 24.3 Å². The third-order valence-electron chi connectivity index (χ3n) is 4.12. The van der Waals surface area contributed by atoms with Crippen LogP contribution in [0.4, 0.5) is 0 Å². The Morgan fingerprint density at radius 3 is 2.04 bits per heavy atom. The molecule has 0 bridgehead atoms. The Labute approximate surface area is 165 Å². The van der Waals surface area contributed by atoms with Gasteiger partial charge < -0.3 is 0 Å². The number of benzene rings is 3. The molecule has 5 heteroatoms. The second-order valence-electron chi connectivity index (χ2n) is 6.19. The summed E-state index contributed by atoms with van der Waals surface area (Å²) in [5.41, 5.74) is 2.64. The summed E-state index contributed by atoms with van der Waals surface area (Å²) in [6.45, 7) is 2.12. The first-order valence-electron chi connectivity index (χ1n) is 8.52. The highest BCUT2D eigenvalue weighted by Gasteiger charge is 2.22. The van der Waals surface area contributed by atoms with E-state index in [0.29, 0.717) is 5.03 Å². The molecule has 3 rings (SSSR count). The van der Waals surface area contributed by atoms with Gasteiger partial charge in [-0.05, 0) is 30.2 Å². The number of rotatable bonds is 6. The van der Waals surface area contributed by atoms with Crippen LogP contribution in [0, 0.1) is 6.92 Å². The predicted octanol–water partition coefficient (Wildman–Crippen LogP) is 5.42. The molecule has 0 radical (unpaired) electrons. The van der Waals surface area contributed by atoms with Gasteiger partial charge >= 0.3 is 0 Å². The van der Waals surface area contributed by atoms with E-state index in [1.807, 2.05) is 67.6 Å². The smallest absolute Gasteiger partial charge is 0.264 e. The van der Waals surface area contributed by atoms with Gasteiger partial charge in [-0.3, -0.25) is 4.31 Å². The predicted molar refractivity (Wildman–Crippen MR) is 111 cm³/mol. The van der Waals surface area contributed by atoms with Crippen LogP contribution in [-0.2, 0) is 16.6 Å². The third kappa shape index (κ3) is 4.79. The fourth-order valence-corrected chi connectivity index (χ4v) is 4.22. The molecule has 0 fully saturated rings. The molecule has 0 saturated carbocycles. The molecule has 0 aliphatic heterocycles. The van der Waals surface area contributed by atoms with Crippen molar-refractivity contribution in [1.82, 2.24) is 4.31 Å². The van der Waals surface area contributed by atoms with Gasteiger partial charge in [0, 0.05) is 6.20 Å². The molecule has 0 unspecified atom stereocenters. The number of aryl methyl sites for hydroxylation is 1. The number of sulfonamides is 1. The molecule has 3 aromatic carbocycles. The molecule has 0 N–H and O–H groups in total. The highest BCUT2D eigenvalue weighted by atomic mass is 35.5. The van der Waals surface area contributed by atoms with Gasteiger partial charge in [-0.25, -0.2) is 8.42 Å². The molecular formula is C22H20ClNO2S. The van der Waals surface area contributed by atoms with Crippen molar-refractivity contribution in [3.05, 3.63) is 108 Å². The van der Waals surface area contributed by atoms with Crippen molar-refractivity contribution in [3.63, 3.8) is 0 Å². The zero-order valence-corrected chi connectivity index (χ0v) is 16.5. The average Bonchev–Trinajstić information content (AvgIpc) is 2.69. The molecule has 0 heterocycles. The molecule has 0 amide bonds. The van der Waals surface area contributed by atoms with Crippen molar-refractivity contribution in [1.29, 1.82) is 0 Å². The minimum absolute atomic E-state index is 0.195. The van der Waals surface area contributed by atoms with Crippen LogP contribution < -0.4 is 0 Å². The lowest BCUT2D eigenvalue weighted by atomic mass is 10.2. The van der Waals surface area contributed by atoms with Crippen LogP contribution in [0.2, 0.25) is 0 Å². The monoisotopic (exact) mass is 397 g/mol. The van der Waals surface area contributed by atoms with Crippen LogP contribution in [0.1, 0.15) is 16.7 Å². The molecule has 27 heavy (non-hydrogen) atoms. The van der Waals surface area contributed by atoms with E-state index in [9.17, 15) is 8.42 Å². The first-order chi connectivity index (χ1) is 13.0. The lowest BCUT2D eigenvalue weighted by Crippen LogP contribution is -2.26. The second kappa shape index (κ2) is 8.42. The van der Waals surface area contributed by atoms with E-state index in [2.05, 4.69) is 0 Å². The van der Waals surface area contributed by atoms with E-state index >= 15 is 0 Å². The van der Waals surface area contributed by atoms with Crippen molar-refractivity contribution < 1.29 is 8.42 Å². The maximum Gasteiger partial charge on any atom is 0.264 e. The van der Waals surface area contributed by atoms with Crippen LogP contribution in [0.3, 0.4) is 0 Å². The summed E-state index contributed by atoms with van der Waals surface area (Å²) in [5, 5.41) is 0.363. The fourth-order valence-electron chi connectivity index (χ4n) is 2.61. The summed E-state index contributed by atoms with van der Waals surface area (Å²) in [6, 6.07) is 25.6. The van der Waals surface area contributed by atoms with E-state index in [0.717, 1.165) is 16.7 Å². The second-order valence-corrected chi connectivity index (χ2v) is 8.49. The van der Waals surface area contributed by atoms with Crippen molar-refractivity contribution in [2.24, 2.45) is 0 Å². The van der Waals surface area contributed by atoms with E-state index in [1.165, 1.54) is 10.5 Å². The first-order valence-corrected chi connectivity index (χ1v) is 10.3. The highest BCUT2D eigenvalue weighted by Crippen LogP contribution is 2.25. The summed E-state index contributed by atoms with van der Waals surface area (Å²) in [5.74, 6) is 0. The van der Waals surface area contributed by atoms with Crippen molar-refractivity contribution in [2.45, 2.75) is 18.4 Å². The maximum atomic E-state index is 13.2. The molecular weight excluding hydrogens is 378 g/mol. The summed E-state index contributed by atoms with van der Waals surface area (Å²) < 4.78 is 27.8. The van der Waals surface area contributed by atoms with Crippen LogP contribution in [0.5, 0.6) is 0 Å². The SMILES string of the molecule is Cc1ccc(S(=O)(=O)N(/C=C(/Cl)c2ccccc2)Cc2ccccc2)cc1. The minimum Gasteiger partial charge on any atom is -0.267 e. The molecule has 0 saturated heterocycles. The van der Waals surface area contributed by atoms with E-state index in [4.69, 9.17) is 11.6 Å². The Morgan fingerprint density at radius 2 is 1.44 bits per heavy atom. The van der Waals surface area contributed by atoms with Gasteiger partial charge in [-0.15, -0.1) is 0 Å². The molecule has 0 atom stereocenters. The third-order valence-corrected chi connectivity index (χ3v) is 6.15. The largest absolute Gasteiger partial charge is 0.267 e. The van der Waals surface area contributed by atoms with Crippen molar-refractivity contribution in [2.75, 3.05) is 0 Å². The molecule has 138 valence electrons. The quantitative estimate of drug-likeness (QED) is 0.556. The van der Waals surface area contributed by atoms with Gasteiger partial charge in [0.15, 0.2) is 0 Å². The lowest BCUT2D eigenvalue weighted by molar-refractivity contribution is 0.496. The van der Waals surface area contributed by atoms with Crippen molar-refractivity contribution in [3.8, 4) is 0 Å². The Morgan fingerprint density at radius 1 is 0.889 bits per heavy atom. The van der Waals surface area contributed by atoms with Gasteiger partial charge in [0.2, 0.25) is 0 Å². The topological polar surface area (TPSA) is 37.4 Å². The zero-order chi connectivity index (χ0) is 19.3. The van der Waals surface area contributed by atoms with Crippen molar-refractivity contribution >= 4 is 26.7 Å². The lowest BCUT2D eigenvalue weighted by Gasteiger charge is -2.21. The maximum absolute atomic E-state index is 13.2. The van der Waals surface area contributed by atoms with Crippen LogP contribution in [0.25, 0.3) is 5.03 Å². The number of halogens is 1. The Kier molecular flexibility index (Phi) is 5.99. The standard InChI is InChI=1S/C22H20ClNO2S/c1-18-12-14-21(15-13-18)27(25,26)24(16-19-8-4-2-5-9-19)17-22(23)20-10-6-3-7-11-20/h2-15,17H,16H2,1H3/b22-17+. The average molecular weight is 398 g/mol. The van der Waals surface area contributed by atoms with Gasteiger partial charge in [0.05, 0.1) is 16.5 Å². The normalized spacial score (nSPS) is 12.0. The number of hydrogen-bond acceptors (Lipinski definition) is 2. The Bertz CT molecular complexity index is 1010. The summed E-state index contributed by atoms with van der Waals surface area (Å²) in [4.78, 5) is 0.234. The summed E-state index contributed by atoms with van der Waals surface area (Å²) in [7, 11) is -3.75. The van der Waals surface area contributed by atoms with Gasteiger partial charge in [-0.1, -0.05) is 90.0 Å². The zero-order valence-electron chi connectivity index (χ0n) is 14.9. The highest BCUT2D eigenvalue weighted by molar-refractivity contribution is 7.89. The first kappa shape index (κ1) is 19.2.